The maximum Gasteiger partial charge on any atom is 0.408 e. The number of esters is 1. The van der Waals surface area contributed by atoms with Gasteiger partial charge < -0.3 is 20.1 Å². The average Bonchev–Trinajstić information content (AvgIpc) is 2.93. The summed E-state index contributed by atoms with van der Waals surface area (Å²) in [6, 6.07) is -1.14. The molecular weight excluding hydrogens is 360 g/mol. The van der Waals surface area contributed by atoms with E-state index in [0.29, 0.717) is 12.8 Å². The summed E-state index contributed by atoms with van der Waals surface area (Å²) < 4.78 is 10.6. The highest BCUT2D eigenvalue weighted by molar-refractivity contribution is 5.90. The van der Waals surface area contributed by atoms with E-state index in [0.717, 1.165) is 25.7 Å². The smallest absolute Gasteiger partial charge is 0.408 e. The second-order valence-electron chi connectivity index (χ2n) is 9.00. The summed E-state index contributed by atoms with van der Waals surface area (Å²) in [5.74, 6) is -0.729. The van der Waals surface area contributed by atoms with Crippen LogP contribution < -0.4 is 10.6 Å². The number of cyclic esters (lactones) is 1. The largest absolute Gasteiger partial charge is 0.458 e. The second-order valence-corrected chi connectivity index (χ2v) is 9.00. The van der Waals surface area contributed by atoms with Crippen LogP contribution >= 0.6 is 0 Å². The highest BCUT2D eigenvalue weighted by atomic mass is 16.6. The third kappa shape index (κ3) is 8.93. The number of hydrogen-bond acceptors (Lipinski definition) is 5. The van der Waals surface area contributed by atoms with Gasteiger partial charge in [0.05, 0.1) is 6.04 Å². The fourth-order valence-electron chi connectivity index (χ4n) is 3.20. The highest BCUT2D eigenvalue weighted by Crippen LogP contribution is 2.18. The van der Waals surface area contributed by atoms with Gasteiger partial charge in [-0.25, -0.2) is 9.59 Å². The van der Waals surface area contributed by atoms with Gasteiger partial charge in [0.25, 0.3) is 5.91 Å². The minimum Gasteiger partial charge on any atom is -0.458 e. The monoisotopic (exact) mass is 398 g/mol. The molecule has 0 spiro atoms. The highest BCUT2D eigenvalue weighted by Gasteiger charge is 2.40. The molecule has 1 heterocycles. The van der Waals surface area contributed by atoms with E-state index >= 15 is 0 Å². The number of unbranched alkanes of at least 4 members (excludes halogenated alkanes) is 4. The Morgan fingerprint density at radius 2 is 1.82 bits per heavy atom. The molecule has 0 bridgehead atoms. The van der Waals surface area contributed by atoms with Gasteiger partial charge in [-0.05, 0) is 39.5 Å². The number of amides is 2. The van der Waals surface area contributed by atoms with Gasteiger partial charge in [0.2, 0.25) is 6.10 Å². The number of carbonyl (C=O) groups excluding carboxylic acids is 3. The zero-order chi connectivity index (χ0) is 21.3. The third-order valence-electron chi connectivity index (χ3n) is 4.49. The minimum absolute atomic E-state index is 0.191. The van der Waals surface area contributed by atoms with E-state index in [-0.39, 0.29) is 12.0 Å². The average molecular weight is 399 g/mol. The van der Waals surface area contributed by atoms with Gasteiger partial charge in [-0.15, -0.1) is 0 Å². The number of nitrogens with one attached hydrogen (secondary N) is 2. The van der Waals surface area contributed by atoms with Crippen LogP contribution in [0.5, 0.6) is 0 Å². The fraction of sp³-hybridized carbons (Fsp3) is 0.857. The molecule has 1 rings (SSSR count). The fourth-order valence-corrected chi connectivity index (χ4v) is 3.20. The van der Waals surface area contributed by atoms with Crippen LogP contribution in [-0.2, 0) is 19.1 Å². The van der Waals surface area contributed by atoms with E-state index in [1.807, 2.05) is 13.8 Å². The van der Waals surface area contributed by atoms with Gasteiger partial charge in [0, 0.05) is 0 Å². The van der Waals surface area contributed by atoms with Crippen molar-refractivity contribution in [1.29, 1.82) is 0 Å². The van der Waals surface area contributed by atoms with Crippen molar-refractivity contribution >= 4 is 18.0 Å². The molecule has 0 aromatic rings. The van der Waals surface area contributed by atoms with Crippen molar-refractivity contribution in [2.45, 2.75) is 110 Å². The molecule has 0 aliphatic carbocycles. The molecule has 1 saturated heterocycles. The Bertz CT molecular complexity index is 527. The number of rotatable bonds is 11. The third-order valence-corrected chi connectivity index (χ3v) is 4.49. The minimum atomic E-state index is -0.921. The molecule has 7 nitrogen and oxygen atoms in total. The zero-order valence-corrected chi connectivity index (χ0v) is 18.3. The van der Waals surface area contributed by atoms with E-state index in [4.69, 9.17) is 9.47 Å². The van der Waals surface area contributed by atoms with Crippen molar-refractivity contribution in [3.63, 3.8) is 0 Å². The molecule has 1 aliphatic rings. The molecule has 0 aromatic carbocycles. The molecule has 2 amide bonds. The van der Waals surface area contributed by atoms with Crippen LogP contribution in [0.2, 0.25) is 0 Å². The van der Waals surface area contributed by atoms with Crippen molar-refractivity contribution in [3.05, 3.63) is 0 Å². The number of alkyl carbamates (subject to hydrolysis) is 1. The summed E-state index contributed by atoms with van der Waals surface area (Å²) >= 11 is 0. The molecule has 2 N–H and O–H groups in total. The lowest BCUT2D eigenvalue weighted by atomic mass is 10.0. The first kappa shape index (κ1) is 24.2. The van der Waals surface area contributed by atoms with E-state index < -0.39 is 35.7 Å². The molecule has 0 unspecified atom stereocenters. The van der Waals surface area contributed by atoms with Gasteiger partial charge in [-0.2, -0.15) is 0 Å². The number of ether oxygens (including phenoxy) is 2. The second kappa shape index (κ2) is 11.3. The molecule has 0 radical (unpaired) electrons. The maximum absolute atomic E-state index is 12.8. The Morgan fingerprint density at radius 3 is 2.39 bits per heavy atom. The molecule has 3 atom stereocenters. The molecule has 1 fully saturated rings. The van der Waals surface area contributed by atoms with Crippen molar-refractivity contribution in [3.8, 4) is 0 Å². The Kier molecular flexibility index (Phi) is 9.76. The first-order valence-corrected chi connectivity index (χ1v) is 10.5. The maximum atomic E-state index is 12.8. The van der Waals surface area contributed by atoms with Gasteiger partial charge in [0.15, 0.2) is 0 Å². The van der Waals surface area contributed by atoms with Gasteiger partial charge in [0.1, 0.15) is 11.6 Å². The van der Waals surface area contributed by atoms with Crippen molar-refractivity contribution in [1.82, 2.24) is 10.6 Å². The van der Waals surface area contributed by atoms with E-state index in [2.05, 4.69) is 17.6 Å². The lowest BCUT2D eigenvalue weighted by Gasteiger charge is -2.26. The molecule has 1 aliphatic heterocycles. The van der Waals surface area contributed by atoms with E-state index in [1.165, 1.54) is 6.42 Å². The molecule has 0 aromatic heterocycles. The summed E-state index contributed by atoms with van der Waals surface area (Å²) in [6.45, 7) is 11.5. The zero-order valence-electron chi connectivity index (χ0n) is 18.3. The summed E-state index contributed by atoms with van der Waals surface area (Å²) in [4.78, 5) is 36.9. The number of carbonyl (C=O) groups is 3. The Hall–Kier alpha value is -1.79. The topological polar surface area (TPSA) is 93.7 Å². The van der Waals surface area contributed by atoms with Crippen LogP contribution in [0.4, 0.5) is 4.79 Å². The summed E-state index contributed by atoms with van der Waals surface area (Å²) in [7, 11) is 0. The molecule has 7 heteroatoms. The SMILES string of the molecule is CCCCCCC[C@H]1NC(=O)O[C@@H]1C(=O)N[C@@H](CC(C)C)C(=O)OC(C)(C)C. The van der Waals surface area contributed by atoms with Crippen LogP contribution in [0, 0.1) is 5.92 Å². The van der Waals surface area contributed by atoms with E-state index in [9.17, 15) is 14.4 Å². The Balaban J connectivity index is 2.69. The molecule has 28 heavy (non-hydrogen) atoms. The Labute approximate surface area is 169 Å². The Morgan fingerprint density at radius 1 is 1.18 bits per heavy atom. The van der Waals surface area contributed by atoms with E-state index in [1.54, 1.807) is 20.8 Å². The lowest BCUT2D eigenvalue weighted by molar-refractivity contribution is -0.159. The van der Waals surface area contributed by atoms with Crippen LogP contribution in [0.3, 0.4) is 0 Å². The lowest BCUT2D eigenvalue weighted by Crippen LogP contribution is -2.51. The van der Waals surface area contributed by atoms with Gasteiger partial charge in [-0.1, -0.05) is 52.9 Å². The van der Waals surface area contributed by atoms with Crippen LogP contribution in [0.1, 0.15) is 86.5 Å². The van der Waals surface area contributed by atoms with Gasteiger partial charge >= 0.3 is 12.1 Å². The first-order chi connectivity index (χ1) is 13.0. The molecule has 0 saturated carbocycles. The summed E-state index contributed by atoms with van der Waals surface area (Å²) in [5.41, 5.74) is -0.639. The van der Waals surface area contributed by atoms with Crippen LogP contribution in [0.15, 0.2) is 0 Å². The van der Waals surface area contributed by atoms with Gasteiger partial charge in [-0.3, -0.25) is 4.79 Å². The number of hydrogen-bond donors (Lipinski definition) is 2. The van der Waals surface area contributed by atoms with Crippen LogP contribution in [0.25, 0.3) is 0 Å². The molecular formula is C21H38N2O5. The predicted octanol–water partition coefficient (Wildman–Crippen LogP) is 3.70. The summed E-state index contributed by atoms with van der Waals surface area (Å²) in [5, 5.41) is 5.46. The van der Waals surface area contributed by atoms with Crippen molar-refractivity contribution in [2.75, 3.05) is 0 Å². The van der Waals surface area contributed by atoms with Crippen molar-refractivity contribution in [2.24, 2.45) is 5.92 Å². The van der Waals surface area contributed by atoms with Crippen molar-refractivity contribution < 1.29 is 23.9 Å². The molecule has 162 valence electrons. The predicted molar refractivity (Wildman–Crippen MR) is 108 cm³/mol. The normalized spacial score (nSPS) is 20.5. The quantitative estimate of drug-likeness (QED) is 0.409. The van der Waals surface area contributed by atoms with Crippen LogP contribution in [-0.4, -0.2) is 41.8 Å². The standard InChI is InChI=1S/C21H38N2O5/c1-7-8-9-10-11-12-15-17(27-20(26)23-15)18(24)22-16(13-14(2)3)19(25)28-21(4,5)6/h14-17H,7-13H2,1-6H3,(H,22,24)(H,23,26)/t15-,16+,17+/m1/s1. The summed E-state index contributed by atoms with van der Waals surface area (Å²) in [6.07, 6.45) is 5.09. The first-order valence-electron chi connectivity index (χ1n) is 10.5.